The normalized spacial score (nSPS) is 20.7. The van der Waals surface area contributed by atoms with Crippen LogP contribution in [0.15, 0.2) is 24.3 Å². The quantitative estimate of drug-likeness (QED) is 0.793. The van der Waals surface area contributed by atoms with Crippen molar-refractivity contribution >= 4 is 0 Å². The predicted molar refractivity (Wildman–Crippen MR) is 57.3 cm³/mol. The van der Waals surface area contributed by atoms with Gasteiger partial charge in [0, 0.05) is 13.1 Å². The van der Waals surface area contributed by atoms with Gasteiger partial charge in [0.05, 0.1) is 5.60 Å². The number of halogens is 1. The molecule has 1 heterocycles. The maximum Gasteiger partial charge on any atom is 0.123 e. The number of benzene rings is 1. The Morgan fingerprint density at radius 1 is 1.40 bits per heavy atom. The molecule has 1 aliphatic heterocycles. The van der Waals surface area contributed by atoms with Gasteiger partial charge in [-0.25, -0.2) is 4.39 Å². The molecule has 1 fully saturated rings. The SMILES string of the molecule is CC(CC1(O)CNC1)c1ccc(F)cc1. The highest BCUT2D eigenvalue weighted by atomic mass is 19.1. The number of β-amino-alcohol motifs (C(OH)–C–C–N with tert-alkyl or cyclic N) is 1. The molecule has 1 aromatic rings. The Kier molecular flexibility index (Phi) is 2.76. The maximum atomic E-state index is 12.7. The fourth-order valence-corrected chi connectivity index (χ4v) is 2.04. The molecule has 0 aliphatic carbocycles. The van der Waals surface area contributed by atoms with Crippen LogP contribution in [0.3, 0.4) is 0 Å². The second-order valence-electron chi connectivity index (χ2n) is 4.48. The standard InChI is InChI=1S/C12H16FNO/c1-9(6-12(15)7-14-8-12)10-2-4-11(13)5-3-10/h2-5,9,14-15H,6-8H2,1H3. The summed E-state index contributed by atoms with van der Waals surface area (Å²) in [5.74, 6) is 0.0488. The van der Waals surface area contributed by atoms with Crippen molar-refractivity contribution in [3.05, 3.63) is 35.6 Å². The maximum absolute atomic E-state index is 12.7. The van der Waals surface area contributed by atoms with Crippen LogP contribution in [-0.2, 0) is 0 Å². The van der Waals surface area contributed by atoms with Gasteiger partial charge in [-0.2, -0.15) is 0 Å². The van der Waals surface area contributed by atoms with E-state index in [0.717, 1.165) is 12.0 Å². The van der Waals surface area contributed by atoms with Crippen molar-refractivity contribution in [1.29, 1.82) is 0 Å². The molecule has 0 aromatic heterocycles. The third-order valence-electron chi connectivity index (χ3n) is 3.03. The topological polar surface area (TPSA) is 32.3 Å². The molecular weight excluding hydrogens is 193 g/mol. The van der Waals surface area contributed by atoms with Crippen LogP contribution in [0, 0.1) is 5.82 Å². The van der Waals surface area contributed by atoms with Gasteiger partial charge < -0.3 is 10.4 Å². The van der Waals surface area contributed by atoms with Gasteiger partial charge in [-0.15, -0.1) is 0 Å². The third kappa shape index (κ3) is 2.36. The zero-order chi connectivity index (χ0) is 10.9. The Morgan fingerprint density at radius 3 is 2.47 bits per heavy atom. The summed E-state index contributed by atoms with van der Waals surface area (Å²) in [5, 5.41) is 13.0. The molecule has 1 saturated heterocycles. The smallest absolute Gasteiger partial charge is 0.123 e. The summed E-state index contributed by atoms with van der Waals surface area (Å²) in [6.45, 7) is 3.39. The molecule has 0 spiro atoms. The van der Waals surface area contributed by atoms with Crippen LogP contribution >= 0.6 is 0 Å². The van der Waals surface area contributed by atoms with E-state index in [9.17, 15) is 9.50 Å². The van der Waals surface area contributed by atoms with Gasteiger partial charge in [0.15, 0.2) is 0 Å². The van der Waals surface area contributed by atoms with Crippen molar-refractivity contribution in [1.82, 2.24) is 5.32 Å². The van der Waals surface area contributed by atoms with Crippen LogP contribution < -0.4 is 5.32 Å². The second-order valence-corrected chi connectivity index (χ2v) is 4.48. The number of nitrogens with one attached hydrogen (secondary N) is 1. The zero-order valence-corrected chi connectivity index (χ0v) is 8.83. The van der Waals surface area contributed by atoms with E-state index in [-0.39, 0.29) is 11.7 Å². The fraction of sp³-hybridized carbons (Fsp3) is 0.500. The molecule has 0 saturated carbocycles. The second kappa shape index (κ2) is 3.91. The zero-order valence-electron chi connectivity index (χ0n) is 8.83. The lowest BCUT2D eigenvalue weighted by Gasteiger charge is -2.39. The van der Waals surface area contributed by atoms with E-state index in [2.05, 4.69) is 12.2 Å². The lowest BCUT2D eigenvalue weighted by molar-refractivity contribution is -0.0217. The van der Waals surface area contributed by atoms with Gasteiger partial charge in [0.1, 0.15) is 5.82 Å². The summed E-state index contributed by atoms with van der Waals surface area (Å²) in [7, 11) is 0. The van der Waals surface area contributed by atoms with Gasteiger partial charge in [-0.05, 0) is 30.0 Å². The molecule has 1 atom stereocenters. The molecule has 3 heteroatoms. The van der Waals surface area contributed by atoms with E-state index in [1.807, 2.05) is 0 Å². The van der Waals surface area contributed by atoms with Crippen LogP contribution in [0.1, 0.15) is 24.8 Å². The van der Waals surface area contributed by atoms with Crippen molar-refractivity contribution in [2.75, 3.05) is 13.1 Å². The third-order valence-corrected chi connectivity index (χ3v) is 3.03. The van der Waals surface area contributed by atoms with Crippen LogP contribution in [0.5, 0.6) is 0 Å². The Morgan fingerprint density at radius 2 is 2.00 bits per heavy atom. The average Bonchev–Trinajstić information content (AvgIpc) is 2.16. The van der Waals surface area contributed by atoms with Crippen LogP contribution in [-0.4, -0.2) is 23.8 Å². The lowest BCUT2D eigenvalue weighted by atomic mass is 9.83. The minimum absolute atomic E-state index is 0.213. The molecule has 1 unspecified atom stereocenters. The van der Waals surface area contributed by atoms with E-state index in [1.54, 1.807) is 12.1 Å². The highest BCUT2D eigenvalue weighted by molar-refractivity contribution is 5.20. The van der Waals surface area contributed by atoms with Crippen LogP contribution in [0.25, 0.3) is 0 Å². The monoisotopic (exact) mass is 209 g/mol. The number of hydrogen-bond acceptors (Lipinski definition) is 2. The Bertz CT molecular complexity index is 332. The van der Waals surface area contributed by atoms with Crippen molar-refractivity contribution < 1.29 is 9.50 Å². The number of rotatable bonds is 3. The molecular formula is C12H16FNO. The van der Waals surface area contributed by atoms with E-state index in [1.165, 1.54) is 12.1 Å². The van der Waals surface area contributed by atoms with Gasteiger partial charge in [0.2, 0.25) is 0 Å². The van der Waals surface area contributed by atoms with Gasteiger partial charge in [-0.3, -0.25) is 0 Å². The van der Waals surface area contributed by atoms with Crippen molar-refractivity contribution in [2.24, 2.45) is 0 Å². The van der Waals surface area contributed by atoms with Gasteiger partial charge in [0.25, 0.3) is 0 Å². The van der Waals surface area contributed by atoms with E-state index in [0.29, 0.717) is 13.1 Å². The Hall–Kier alpha value is -0.930. The van der Waals surface area contributed by atoms with Crippen molar-refractivity contribution in [3.8, 4) is 0 Å². The molecule has 82 valence electrons. The van der Waals surface area contributed by atoms with E-state index >= 15 is 0 Å². The first-order valence-corrected chi connectivity index (χ1v) is 5.28. The molecule has 0 bridgehead atoms. The molecule has 0 radical (unpaired) electrons. The highest BCUT2D eigenvalue weighted by Crippen LogP contribution is 2.28. The molecule has 15 heavy (non-hydrogen) atoms. The molecule has 1 aromatic carbocycles. The van der Waals surface area contributed by atoms with E-state index < -0.39 is 5.60 Å². The summed E-state index contributed by atoms with van der Waals surface area (Å²) in [6, 6.07) is 6.51. The summed E-state index contributed by atoms with van der Waals surface area (Å²) >= 11 is 0. The first-order valence-electron chi connectivity index (χ1n) is 5.28. The first-order chi connectivity index (χ1) is 7.09. The Labute approximate surface area is 89.1 Å². The van der Waals surface area contributed by atoms with Gasteiger partial charge in [-0.1, -0.05) is 19.1 Å². The van der Waals surface area contributed by atoms with Crippen molar-refractivity contribution in [3.63, 3.8) is 0 Å². The molecule has 2 N–H and O–H groups in total. The van der Waals surface area contributed by atoms with E-state index in [4.69, 9.17) is 0 Å². The summed E-state index contributed by atoms with van der Waals surface area (Å²) in [6.07, 6.45) is 0.728. The lowest BCUT2D eigenvalue weighted by Crippen LogP contribution is -2.59. The highest BCUT2D eigenvalue weighted by Gasteiger charge is 2.35. The summed E-state index contributed by atoms with van der Waals surface area (Å²) in [5.41, 5.74) is 0.519. The Balaban J connectivity index is 2.01. The van der Waals surface area contributed by atoms with Gasteiger partial charge >= 0.3 is 0 Å². The predicted octanol–water partition coefficient (Wildman–Crippen LogP) is 1.65. The fourth-order valence-electron chi connectivity index (χ4n) is 2.04. The molecule has 0 amide bonds. The number of aliphatic hydroxyl groups is 1. The molecule has 2 rings (SSSR count). The average molecular weight is 209 g/mol. The minimum atomic E-state index is -0.562. The largest absolute Gasteiger partial charge is 0.387 e. The van der Waals surface area contributed by atoms with Crippen LogP contribution in [0.2, 0.25) is 0 Å². The summed E-state index contributed by atoms with van der Waals surface area (Å²) < 4.78 is 12.7. The number of hydrogen-bond donors (Lipinski definition) is 2. The summed E-state index contributed by atoms with van der Waals surface area (Å²) in [4.78, 5) is 0. The van der Waals surface area contributed by atoms with Crippen molar-refractivity contribution in [2.45, 2.75) is 24.9 Å². The molecule has 2 nitrogen and oxygen atoms in total. The first kappa shape index (κ1) is 10.6. The molecule has 1 aliphatic rings. The van der Waals surface area contributed by atoms with Crippen LogP contribution in [0.4, 0.5) is 4.39 Å². The minimum Gasteiger partial charge on any atom is -0.387 e.